The third-order valence-electron chi connectivity index (χ3n) is 23.1. The number of nitrogens with zero attached hydrogens (tertiary/aromatic N) is 7. The molecule has 10 nitrogen and oxygen atoms in total. The number of nitrogens with one attached hydrogen (secondary N) is 1. The van der Waals surface area contributed by atoms with Crippen molar-refractivity contribution < 1.29 is 8.85 Å². The molecule has 3 aliphatic rings. The number of fused-ring (bicyclic) bond motifs is 4. The fraction of sp³-hybridized carbons (Fsp3) is 0.333. The van der Waals surface area contributed by atoms with E-state index in [1.165, 1.54) is 5.56 Å². The van der Waals surface area contributed by atoms with Gasteiger partial charge < -0.3 is 14.2 Å². The van der Waals surface area contributed by atoms with E-state index < -0.39 is 27.7 Å². The molecule has 508 valence electrons. The Kier molecular flexibility index (Phi) is 19.7. The van der Waals surface area contributed by atoms with E-state index >= 15 is 0 Å². The molecule has 12 heteroatoms. The van der Waals surface area contributed by atoms with Crippen molar-refractivity contribution >= 4 is 39.2 Å². The minimum atomic E-state index is -2.25. The van der Waals surface area contributed by atoms with Crippen LogP contribution in [-0.2, 0) is 27.5 Å². The molecule has 3 heterocycles. The van der Waals surface area contributed by atoms with Gasteiger partial charge in [0.05, 0.1) is 12.7 Å². The van der Waals surface area contributed by atoms with Gasteiger partial charge in [0.1, 0.15) is 28.2 Å². The van der Waals surface area contributed by atoms with Gasteiger partial charge in [-0.05, 0) is 147 Å². The molecule has 2 bridgehead atoms. The van der Waals surface area contributed by atoms with Crippen LogP contribution in [0.4, 0.5) is 5.82 Å². The number of hydrogen-bond donors (Lipinski definition) is 1. The molecule has 0 amide bonds. The molecule has 99 heavy (non-hydrogen) atoms. The average molecular weight is 1350 g/mol. The Morgan fingerprint density at radius 1 is 0.586 bits per heavy atom. The summed E-state index contributed by atoms with van der Waals surface area (Å²) in [6, 6.07) is 87.1. The van der Waals surface area contributed by atoms with E-state index in [9.17, 15) is 0 Å². The SMILES string of the molecule is CC(C)[Si](Oc1cccc(Cn2cc(C(=CCN(CCO[Si](C)(C)C(C)(C)C)C34CCC(c5ccccc5)(CC3)CC4)c3cc(NC(c4ccccc4)(c4ccccc4)c4ccccc4)nc4c3nnn4C(c3ccccc3)(c3ccccc3)c3ccccc3)cn2)c1)(C(C)C)C(C)C. The van der Waals surface area contributed by atoms with E-state index in [-0.39, 0.29) is 16.0 Å². The minimum Gasteiger partial charge on any atom is -0.543 e. The topological polar surface area (TPSA) is 95.1 Å². The molecule has 1 N–H and O–H groups in total. The number of rotatable bonds is 26. The molecule has 0 atom stereocenters. The molecule has 8 aromatic carbocycles. The Balaban J connectivity index is 1.05. The zero-order valence-electron chi connectivity index (χ0n) is 60.1. The lowest BCUT2D eigenvalue weighted by Crippen LogP contribution is -2.59. The molecule has 0 spiro atoms. The third kappa shape index (κ3) is 13.1. The molecule has 11 aromatic rings. The van der Waals surface area contributed by atoms with E-state index in [0.717, 1.165) is 106 Å². The van der Waals surface area contributed by atoms with Gasteiger partial charge in [-0.15, -0.1) is 5.10 Å². The van der Waals surface area contributed by atoms with Gasteiger partial charge in [-0.1, -0.05) is 298 Å². The summed E-state index contributed by atoms with van der Waals surface area (Å²) in [5.74, 6) is 1.58. The van der Waals surface area contributed by atoms with Crippen molar-refractivity contribution in [1.29, 1.82) is 0 Å². The van der Waals surface area contributed by atoms with Crippen LogP contribution in [0.2, 0.25) is 34.8 Å². The first-order chi connectivity index (χ1) is 47.8. The summed E-state index contributed by atoms with van der Waals surface area (Å²) in [5.41, 5.74) is 12.5. The highest BCUT2D eigenvalue weighted by atomic mass is 28.4. The lowest BCUT2D eigenvalue weighted by atomic mass is 9.54. The van der Waals surface area contributed by atoms with E-state index in [2.05, 4.69) is 356 Å². The molecule has 0 unspecified atom stereocenters. The van der Waals surface area contributed by atoms with Gasteiger partial charge in [0.25, 0.3) is 8.32 Å². The zero-order chi connectivity index (χ0) is 69.1. The van der Waals surface area contributed by atoms with Gasteiger partial charge in [0.15, 0.2) is 14.0 Å². The number of aromatic nitrogens is 6. The van der Waals surface area contributed by atoms with Gasteiger partial charge >= 0.3 is 0 Å². The number of hydrogen-bond acceptors (Lipinski definition) is 8. The van der Waals surface area contributed by atoms with Gasteiger partial charge in [0.2, 0.25) is 0 Å². The molecule has 3 fully saturated rings. The monoisotopic (exact) mass is 1340 g/mol. The predicted molar refractivity (Wildman–Crippen MR) is 413 cm³/mol. The van der Waals surface area contributed by atoms with Crippen molar-refractivity contribution in [3.63, 3.8) is 0 Å². The van der Waals surface area contributed by atoms with E-state index in [0.29, 0.717) is 53.3 Å². The van der Waals surface area contributed by atoms with Crippen LogP contribution in [0.5, 0.6) is 5.75 Å². The highest BCUT2D eigenvalue weighted by molar-refractivity contribution is 6.78. The van der Waals surface area contributed by atoms with Crippen molar-refractivity contribution in [2.75, 3.05) is 25.0 Å². The maximum Gasteiger partial charge on any atom is 0.258 e. The first-order valence-electron chi connectivity index (χ1n) is 36.2. The smallest absolute Gasteiger partial charge is 0.258 e. The van der Waals surface area contributed by atoms with Crippen LogP contribution in [0.25, 0.3) is 16.7 Å². The Morgan fingerprint density at radius 3 is 1.54 bits per heavy atom. The largest absolute Gasteiger partial charge is 0.543 e. The summed E-state index contributed by atoms with van der Waals surface area (Å²) in [5, 5.41) is 20.6. The van der Waals surface area contributed by atoms with Gasteiger partial charge in [-0.3, -0.25) is 9.58 Å². The first-order valence-corrected chi connectivity index (χ1v) is 41.2. The summed E-state index contributed by atoms with van der Waals surface area (Å²) in [7, 11) is -4.37. The van der Waals surface area contributed by atoms with Crippen molar-refractivity contribution in [2.45, 2.75) is 164 Å². The molecular formula is C87H100N8O2Si2. The molecule has 0 radical (unpaired) electrons. The van der Waals surface area contributed by atoms with E-state index in [1.807, 2.05) is 0 Å². The Hall–Kier alpha value is -8.79. The van der Waals surface area contributed by atoms with Crippen molar-refractivity contribution in [1.82, 2.24) is 34.7 Å². The Morgan fingerprint density at radius 2 is 1.06 bits per heavy atom. The van der Waals surface area contributed by atoms with Gasteiger partial charge in [-0.25, -0.2) is 9.67 Å². The zero-order valence-corrected chi connectivity index (χ0v) is 62.1. The maximum absolute atomic E-state index is 7.33. The van der Waals surface area contributed by atoms with Crippen molar-refractivity contribution in [2.24, 2.45) is 0 Å². The van der Waals surface area contributed by atoms with Gasteiger partial charge in [-0.2, -0.15) is 5.10 Å². The number of anilines is 1. The van der Waals surface area contributed by atoms with Crippen LogP contribution in [0.1, 0.15) is 156 Å². The van der Waals surface area contributed by atoms with Crippen molar-refractivity contribution in [3.8, 4) is 5.75 Å². The summed E-state index contributed by atoms with van der Waals surface area (Å²) in [6.45, 7) is 28.6. The highest BCUT2D eigenvalue weighted by Crippen LogP contribution is 2.56. The molecular weight excluding hydrogens is 1250 g/mol. The lowest BCUT2D eigenvalue weighted by Gasteiger charge is -2.58. The summed E-state index contributed by atoms with van der Waals surface area (Å²) in [4.78, 5) is 8.79. The molecule has 3 aliphatic carbocycles. The van der Waals surface area contributed by atoms with Crippen LogP contribution in [0.3, 0.4) is 0 Å². The second kappa shape index (κ2) is 28.4. The Labute approximate surface area is 590 Å². The minimum absolute atomic E-state index is 0.0297. The van der Waals surface area contributed by atoms with Crippen LogP contribution in [0.15, 0.2) is 261 Å². The maximum atomic E-state index is 7.33. The lowest BCUT2D eigenvalue weighted by molar-refractivity contribution is -0.0246. The van der Waals surface area contributed by atoms with Crippen LogP contribution in [0, 0.1) is 0 Å². The summed E-state index contributed by atoms with van der Waals surface area (Å²) >= 11 is 0. The molecule has 3 aromatic heterocycles. The van der Waals surface area contributed by atoms with E-state index in [4.69, 9.17) is 29.2 Å². The second-order valence-electron chi connectivity index (χ2n) is 30.5. The standard InChI is InChI=1S/C87H100N8O2Si2/c1-65(2)99(66(3)4,67(5)6)97-77-49-33-34-68(60-77)63-94-64-69(62-88-94)78(50-57-93(58-59-96-98(10,11)83(7,8)9)85-54-51-84(52-55-85,53-56-85)70-35-19-12-20-36-70)79-61-80(90-86(71-37-21-13-22-38-71,72-39-23-14-24-40-72)73-41-25-15-26-42-73)89-82-81(79)91-92-95(82)87(74-43-27-16-28-44-74,75-45-29-17-30-46-75)76-47-31-18-32-48-76/h12-50,60-62,64-67H,51-59,63H2,1-11H3,(H,89,90). The van der Waals surface area contributed by atoms with Crippen molar-refractivity contribution in [3.05, 3.63) is 317 Å². The summed E-state index contributed by atoms with van der Waals surface area (Å²) < 4.78 is 18.7. The van der Waals surface area contributed by atoms with Crippen LogP contribution < -0.4 is 9.74 Å². The van der Waals surface area contributed by atoms with Crippen LogP contribution >= 0.6 is 0 Å². The third-order valence-corrected chi connectivity index (χ3v) is 33.7. The van der Waals surface area contributed by atoms with Crippen LogP contribution in [-0.4, -0.2) is 76.5 Å². The fourth-order valence-corrected chi connectivity index (χ4v) is 23.2. The quantitative estimate of drug-likeness (QED) is 0.0423. The highest BCUT2D eigenvalue weighted by Gasteiger charge is 2.52. The molecule has 0 saturated heterocycles. The number of benzene rings is 8. The Bertz CT molecular complexity index is 4260. The molecule has 0 aliphatic heterocycles. The normalized spacial score (nSPS) is 17.1. The predicted octanol–water partition coefficient (Wildman–Crippen LogP) is 20.7. The molecule has 3 saturated carbocycles. The van der Waals surface area contributed by atoms with E-state index in [1.54, 1.807) is 0 Å². The number of pyridine rings is 1. The molecule has 14 rings (SSSR count). The second-order valence-corrected chi connectivity index (χ2v) is 40.7. The summed E-state index contributed by atoms with van der Waals surface area (Å²) in [6.07, 6.45) is 13.6. The average Bonchev–Trinajstić information content (AvgIpc) is 1.68. The first kappa shape index (κ1) is 68.7. The fourth-order valence-electron chi connectivity index (χ4n) is 16.9. The van der Waals surface area contributed by atoms with Gasteiger partial charge in [0, 0.05) is 42.6 Å².